The van der Waals surface area contributed by atoms with Gasteiger partial charge < -0.3 is 9.05 Å². The van der Waals surface area contributed by atoms with E-state index in [-0.39, 0.29) is 4.90 Å². The number of nitrogens with zero attached hydrogens (tertiary/aromatic N) is 3. The molecule has 154 valence electrons. The van der Waals surface area contributed by atoms with Crippen molar-refractivity contribution in [1.29, 1.82) is 0 Å². The van der Waals surface area contributed by atoms with Gasteiger partial charge in [-0.1, -0.05) is 28.5 Å². The van der Waals surface area contributed by atoms with Crippen molar-refractivity contribution in [3.63, 3.8) is 0 Å². The Morgan fingerprint density at radius 3 is 2.37 bits per heavy atom. The lowest BCUT2D eigenvalue weighted by molar-refractivity contribution is 0.366. The summed E-state index contributed by atoms with van der Waals surface area (Å²) in [5.41, 5.74) is 3.84. The monoisotopic (exact) mass is 413 g/mol. The van der Waals surface area contributed by atoms with Crippen molar-refractivity contribution < 1.29 is 9.05 Å². The molecule has 1 rings (SSSR count). The minimum atomic E-state index is -0.0195. The van der Waals surface area contributed by atoms with Crippen LogP contribution in [0.5, 0.6) is 0 Å². The largest absolute Gasteiger partial charge is 0.362 e. The first-order chi connectivity index (χ1) is 12.9. The first-order valence-electron chi connectivity index (χ1n) is 9.84. The average Bonchev–Trinajstić information content (AvgIpc) is 3.05. The van der Waals surface area contributed by atoms with E-state index in [2.05, 4.69) is 56.4 Å². The van der Waals surface area contributed by atoms with E-state index >= 15 is 0 Å². The molecule has 0 aromatic carbocycles. The standard InChI is InChI=1S/C20H37N3O2P2/c1-7-24-26-20(6,27-25-8-2)15-19-16-23(22-21-19)14-10-13-18(5)12-9-11-17(3)4/h11,13,16,26-27H,7-10,12,14-15H2,1-6H3/b18-13+. The molecule has 27 heavy (non-hydrogen) atoms. The molecule has 0 bridgehead atoms. The van der Waals surface area contributed by atoms with Crippen molar-refractivity contribution in [1.82, 2.24) is 15.0 Å². The molecule has 7 heteroatoms. The molecule has 0 aliphatic carbocycles. The molecule has 1 heterocycles. The first kappa shape index (κ1) is 24.4. The molecular weight excluding hydrogens is 376 g/mol. The van der Waals surface area contributed by atoms with Crippen LogP contribution in [0.1, 0.15) is 66.5 Å². The Morgan fingerprint density at radius 2 is 1.78 bits per heavy atom. The summed E-state index contributed by atoms with van der Waals surface area (Å²) in [7, 11) is 0.824. The second-order valence-corrected chi connectivity index (χ2v) is 10.9. The summed E-state index contributed by atoms with van der Waals surface area (Å²) in [4.78, 5) is -0.0195. The SMILES string of the molecule is CCOPC(C)(Cc1cn(CC/C=C(\C)CCC=C(C)C)nn1)POCC. The van der Waals surface area contributed by atoms with Crippen LogP contribution in [0.15, 0.2) is 29.5 Å². The van der Waals surface area contributed by atoms with Gasteiger partial charge in [0.15, 0.2) is 0 Å². The van der Waals surface area contributed by atoms with Gasteiger partial charge in [0.05, 0.1) is 10.6 Å². The smallest absolute Gasteiger partial charge is 0.0841 e. The molecule has 1 aromatic heterocycles. The van der Waals surface area contributed by atoms with E-state index in [0.29, 0.717) is 17.6 Å². The fourth-order valence-corrected chi connectivity index (χ4v) is 4.61. The second-order valence-electron chi connectivity index (χ2n) is 7.21. The van der Waals surface area contributed by atoms with Crippen molar-refractivity contribution in [3.8, 4) is 0 Å². The van der Waals surface area contributed by atoms with E-state index in [0.717, 1.165) is 51.1 Å². The maximum atomic E-state index is 5.70. The predicted molar refractivity (Wildman–Crippen MR) is 119 cm³/mol. The van der Waals surface area contributed by atoms with Crippen LogP contribution < -0.4 is 0 Å². The third kappa shape index (κ3) is 11.1. The zero-order chi connectivity index (χ0) is 20.1. The Labute approximate surface area is 169 Å². The molecule has 2 atom stereocenters. The maximum absolute atomic E-state index is 5.70. The highest BCUT2D eigenvalue weighted by atomic mass is 31.1. The quantitative estimate of drug-likeness (QED) is 0.282. The zero-order valence-corrected chi connectivity index (χ0v) is 19.8. The summed E-state index contributed by atoms with van der Waals surface area (Å²) >= 11 is 0. The highest BCUT2D eigenvalue weighted by Gasteiger charge is 2.28. The van der Waals surface area contributed by atoms with Crippen LogP contribution in [0.25, 0.3) is 0 Å². The summed E-state index contributed by atoms with van der Waals surface area (Å²) in [5, 5.41) is 8.66. The van der Waals surface area contributed by atoms with Crippen LogP contribution in [0.3, 0.4) is 0 Å². The zero-order valence-electron chi connectivity index (χ0n) is 17.8. The van der Waals surface area contributed by atoms with Crippen LogP contribution in [0, 0.1) is 0 Å². The van der Waals surface area contributed by atoms with Gasteiger partial charge in [-0.2, -0.15) is 0 Å². The second kappa shape index (κ2) is 13.6. The summed E-state index contributed by atoms with van der Waals surface area (Å²) in [6.07, 6.45) is 10.8. The molecule has 2 unspecified atom stereocenters. The van der Waals surface area contributed by atoms with Crippen LogP contribution in [-0.4, -0.2) is 33.1 Å². The number of rotatable bonds is 14. The molecule has 0 saturated carbocycles. The van der Waals surface area contributed by atoms with E-state index in [4.69, 9.17) is 9.05 Å². The van der Waals surface area contributed by atoms with Crippen molar-refractivity contribution in [2.45, 2.75) is 78.7 Å². The van der Waals surface area contributed by atoms with Gasteiger partial charge in [0, 0.05) is 50.0 Å². The fraction of sp³-hybridized carbons (Fsp3) is 0.700. The average molecular weight is 413 g/mol. The van der Waals surface area contributed by atoms with E-state index in [1.807, 2.05) is 18.5 Å². The Bertz CT molecular complexity index is 588. The Hall–Kier alpha value is -0.600. The number of hydrogen-bond donors (Lipinski definition) is 0. The highest BCUT2D eigenvalue weighted by molar-refractivity contribution is 7.54. The normalized spacial score (nSPS) is 15.1. The van der Waals surface area contributed by atoms with E-state index in [9.17, 15) is 0 Å². The maximum Gasteiger partial charge on any atom is 0.0841 e. The van der Waals surface area contributed by atoms with Gasteiger partial charge in [-0.25, -0.2) is 0 Å². The van der Waals surface area contributed by atoms with Gasteiger partial charge >= 0.3 is 0 Å². The lowest BCUT2D eigenvalue weighted by Crippen LogP contribution is -2.17. The van der Waals surface area contributed by atoms with Crippen molar-refractivity contribution in [3.05, 3.63) is 35.2 Å². The van der Waals surface area contributed by atoms with Crippen LogP contribution in [0.2, 0.25) is 0 Å². The van der Waals surface area contributed by atoms with Crippen LogP contribution in [0.4, 0.5) is 0 Å². The molecule has 5 nitrogen and oxygen atoms in total. The minimum Gasteiger partial charge on any atom is -0.362 e. The van der Waals surface area contributed by atoms with Crippen LogP contribution >= 0.6 is 17.6 Å². The molecule has 0 N–H and O–H groups in total. The lowest BCUT2D eigenvalue weighted by Gasteiger charge is -2.27. The lowest BCUT2D eigenvalue weighted by atomic mass is 10.1. The van der Waals surface area contributed by atoms with E-state index in [1.54, 1.807) is 0 Å². The molecule has 0 fully saturated rings. The molecule has 0 spiro atoms. The van der Waals surface area contributed by atoms with Crippen molar-refractivity contribution in [2.24, 2.45) is 0 Å². The summed E-state index contributed by atoms with van der Waals surface area (Å²) in [5.74, 6) is 0. The first-order valence-corrected chi connectivity index (χ1v) is 11.7. The van der Waals surface area contributed by atoms with E-state index < -0.39 is 0 Å². The summed E-state index contributed by atoms with van der Waals surface area (Å²) < 4.78 is 13.3. The third-order valence-electron chi connectivity index (χ3n) is 3.95. The number of hydrogen-bond acceptors (Lipinski definition) is 4. The van der Waals surface area contributed by atoms with Crippen LogP contribution in [-0.2, 0) is 22.0 Å². The summed E-state index contributed by atoms with van der Waals surface area (Å²) in [6, 6.07) is 0. The Kier molecular flexibility index (Phi) is 12.3. The van der Waals surface area contributed by atoms with E-state index in [1.165, 1.54) is 11.1 Å². The number of allylic oxidation sites excluding steroid dienone is 4. The molecular formula is C20H37N3O2P2. The Morgan fingerprint density at radius 1 is 1.11 bits per heavy atom. The molecule has 0 aliphatic rings. The molecule has 0 amide bonds. The topological polar surface area (TPSA) is 49.2 Å². The number of aryl methyl sites for hydroxylation is 1. The Balaban J connectivity index is 2.52. The van der Waals surface area contributed by atoms with Crippen molar-refractivity contribution in [2.75, 3.05) is 13.2 Å². The molecule has 0 radical (unpaired) electrons. The predicted octanol–water partition coefficient (Wildman–Crippen LogP) is 5.88. The van der Waals surface area contributed by atoms with Gasteiger partial charge in [-0.05, 0) is 60.8 Å². The van der Waals surface area contributed by atoms with Gasteiger partial charge in [0.25, 0.3) is 0 Å². The highest BCUT2D eigenvalue weighted by Crippen LogP contribution is 2.49. The van der Waals surface area contributed by atoms with Crippen molar-refractivity contribution >= 4 is 17.6 Å². The fourth-order valence-electron chi connectivity index (χ4n) is 2.58. The summed E-state index contributed by atoms with van der Waals surface area (Å²) in [6.45, 7) is 15.1. The molecule has 0 aliphatic heterocycles. The van der Waals surface area contributed by atoms with Gasteiger partial charge in [-0.15, -0.1) is 5.10 Å². The molecule has 1 aromatic rings. The van der Waals surface area contributed by atoms with Gasteiger partial charge in [0.2, 0.25) is 0 Å². The van der Waals surface area contributed by atoms with Gasteiger partial charge in [-0.3, -0.25) is 4.68 Å². The third-order valence-corrected chi connectivity index (χ3v) is 6.68. The molecule has 0 saturated heterocycles. The minimum absolute atomic E-state index is 0.0195. The number of aromatic nitrogens is 3. The van der Waals surface area contributed by atoms with Gasteiger partial charge in [0.1, 0.15) is 0 Å².